The molecule has 0 fully saturated rings. The van der Waals surface area contributed by atoms with Gasteiger partial charge in [0.2, 0.25) is 0 Å². The first kappa shape index (κ1) is 15.8. The minimum Gasteiger partial charge on any atom is -0.507 e. The highest BCUT2D eigenvalue weighted by Gasteiger charge is 2.10. The second-order valence-corrected chi connectivity index (χ2v) is 5.88. The number of benzene rings is 2. The molecule has 0 aliphatic heterocycles. The summed E-state index contributed by atoms with van der Waals surface area (Å²) in [6, 6.07) is 13.0. The van der Waals surface area contributed by atoms with E-state index in [2.05, 4.69) is 21.6 Å². The van der Waals surface area contributed by atoms with Crippen molar-refractivity contribution in [3.63, 3.8) is 0 Å². The van der Waals surface area contributed by atoms with E-state index in [0.717, 1.165) is 21.1 Å². The molecule has 2 aromatic heterocycles. The van der Waals surface area contributed by atoms with E-state index < -0.39 is 0 Å². The minimum atomic E-state index is -0.302. The van der Waals surface area contributed by atoms with Crippen LogP contribution in [0.2, 0.25) is 0 Å². The maximum absolute atomic E-state index is 12.7. The van der Waals surface area contributed by atoms with Crippen LogP contribution in [-0.4, -0.2) is 26.0 Å². The highest BCUT2D eigenvalue weighted by atomic mass is 16.3. The fourth-order valence-electron chi connectivity index (χ4n) is 2.94. The van der Waals surface area contributed by atoms with Gasteiger partial charge in [-0.15, -0.1) is 6.58 Å². The fraction of sp³-hybridized carbons (Fsp3) is 0.0500. The highest BCUT2D eigenvalue weighted by Crippen LogP contribution is 2.22. The summed E-state index contributed by atoms with van der Waals surface area (Å²) in [6.07, 6.45) is 5.09. The number of nitrogens with zero attached hydrogens (tertiary/aromatic N) is 3. The number of para-hydroxylation sites is 2. The second-order valence-electron chi connectivity index (χ2n) is 5.88. The highest BCUT2D eigenvalue weighted by molar-refractivity contribution is 6.04. The van der Waals surface area contributed by atoms with Gasteiger partial charge in [-0.25, -0.2) is 4.98 Å². The predicted octanol–water partition coefficient (Wildman–Crippen LogP) is 3.19. The molecule has 0 saturated heterocycles. The van der Waals surface area contributed by atoms with Crippen molar-refractivity contribution < 1.29 is 5.11 Å². The van der Waals surface area contributed by atoms with Crippen LogP contribution in [0.1, 0.15) is 11.1 Å². The molecule has 4 aromatic rings. The van der Waals surface area contributed by atoms with Crippen LogP contribution >= 0.6 is 0 Å². The zero-order chi connectivity index (χ0) is 18.1. The lowest BCUT2D eigenvalue weighted by Crippen LogP contribution is -2.17. The number of aromatic hydroxyl groups is 1. The van der Waals surface area contributed by atoms with Gasteiger partial charge in [-0.2, -0.15) is 9.78 Å². The predicted molar refractivity (Wildman–Crippen MR) is 103 cm³/mol. The molecule has 0 aliphatic rings. The van der Waals surface area contributed by atoms with Gasteiger partial charge >= 0.3 is 0 Å². The van der Waals surface area contributed by atoms with E-state index in [9.17, 15) is 9.90 Å². The van der Waals surface area contributed by atoms with Crippen molar-refractivity contribution in [2.75, 3.05) is 0 Å². The van der Waals surface area contributed by atoms with E-state index in [0.29, 0.717) is 23.0 Å². The van der Waals surface area contributed by atoms with Gasteiger partial charge < -0.3 is 10.1 Å². The molecule has 128 valence electrons. The third-order valence-electron chi connectivity index (χ3n) is 4.23. The van der Waals surface area contributed by atoms with Gasteiger partial charge in [0.15, 0.2) is 0 Å². The SMILES string of the molecule is C=CCc1cccc(C=Nn2cnc3c([nH]c4ccccc43)c2=O)c1O. The Morgan fingerprint density at radius 3 is 2.92 bits per heavy atom. The van der Waals surface area contributed by atoms with Crippen molar-refractivity contribution in [3.8, 4) is 5.75 Å². The van der Waals surface area contributed by atoms with Gasteiger partial charge in [-0.1, -0.05) is 36.4 Å². The summed E-state index contributed by atoms with van der Waals surface area (Å²) >= 11 is 0. The Morgan fingerprint density at radius 1 is 1.23 bits per heavy atom. The Balaban J connectivity index is 1.78. The number of phenols is 1. The van der Waals surface area contributed by atoms with Gasteiger partial charge in [0.1, 0.15) is 23.1 Å². The van der Waals surface area contributed by atoms with Crippen LogP contribution < -0.4 is 5.56 Å². The zero-order valence-corrected chi connectivity index (χ0v) is 13.9. The van der Waals surface area contributed by atoms with E-state index in [-0.39, 0.29) is 11.3 Å². The smallest absolute Gasteiger partial charge is 0.298 e. The third kappa shape index (κ3) is 2.57. The zero-order valence-electron chi connectivity index (χ0n) is 13.9. The number of allylic oxidation sites excluding steroid dienone is 1. The quantitative estimate of drug-likeness (QED) is 0.440. The molecule has 0 atom stereocenters. The van der Waals surface area contributed by atoms with Crippen LogP contribution in [0, 0.1) is 0 Å². The number of nitrogens with one attached hydrogen (secondary N) is 1. The minimum absolute atomic E-state index is 0.129. The maximum Gasteiger partial charge on any atom is 0.298 e. The average Bonchev–Trinajstić information content (AvgIpc) is 3.04. The first-order chi connectivity index (χ1) is 12.7. The van der Waals surface area contributed by atoms with Gasteiger partial charge in [0.05, 0.1) is 6.21 Å². The van der Waals surface area contributed by atoms with Crippen molar-refractivity contribution in [1.82, 2.24) is 14.6 Å². The summed E-state index contributed by atoms with van der Waals surface area (Å²) in [4.78, 5) is 20.1. The standard InChI is InChI=1S/C20H16N4O2/c1-2-6-13-7-5-8-14(19(13)25)11-22-24-12-21-17-15-9-3-4-10-16(15)23-18(17)20(24)26/h2-5,7-12,23,25H,1,6H2. The molecular weight excluding hydrogens is 328 g/mol. The van der Waals surface area contributed by atoms with Crippen molar-refractivity contribution in [2.45, 2.75) is 6.42 Å². The second kappa shape index (κ2) is 6.33. The van der Waals surface area contributed by atoms with E-state index in [1.165, 1.54) is 12.5 Å². The Labute approximate surface area is 148 Å². The molecule has 6 heteroatoms. The molecule has 0 unspecified atom stereocenters. The summed E-state index contributed by atoms with van der Waals surface area (Å²) in [5.41, 5.74) is 2.84. The number of fused-ring (bicyclic) bond motifs is 3. The van der Waals surface area contributed by atoms with Crippen LogP contribution in [0.3, 0.4) is 0 Å². The van der Waals surface area contributed by atoms with E-state index in [1.807, 2.05) is 36.4 Å². The summed E-state index contributed by atoms with van der Waals surface area (Å²) < 4.78 is 1.15. The molecule has 0 amide bonds. The Kier molecular flexibility index (Phi) is 3.85. The van der Waals surface area contributed by atoms with Crippen LogP contribution in [0.15, 0.2) is 71.3 Å². The maximum atomic E-state index is 12.7. The number of phenolic OH excluding ortho intramolecular Hbond substituents is 1. The number of H-pyrrole nitrogens is 1. The van der Waals surface area contributed by atoms with Crippen LogP contribution in [0.25, 0.3) is 21.9 Å². The van der Waals surface area contributed by atoms with Crippen molar-refractivity contribution in [1.29, 1.82) is 0 Å². The number of aromatic nitrogens is 3. The first-order valence-electron chi connectivity index (χ1n) is 8.13. The molecule has 0 aliphatic carbocycles. The lowest BCUT2D eigenvalue weighted by molar-refractivity contribution is 0.469. The number of rotatable bonds is 4. The summed E-state index contributed by atoms with van der Waals surface area (Å²) in [6.45, 7) is 3.68. The summed E-state index contributed by atoms with van der Waals surface area (Å²) in [7, 11) is 0. The molecule has 2 aromatic carbocycles. The van der Waals surface area contributed by atoms with Crippen molar-refractivity contribution in [2.24, 2.45) is 5.10 Å². The number of aromatic amines is 1. The van der Waals surface area contributed by atoms with Gasteiger partial charge in [0.25, 0.3) is 5.56 Å². The van der Waals surface area contributed by atoms with Gasteiger partial charge in [-0.05, 0) is 24.1 Å². The number of hydrogen-bond acceptors (Lipinski definition) is 4. The average molecular weight is 344 g/mol. The molecule has 0 radical (unpaired) electrons. The Morgan fingerprint density at radius 2 is 2.08 bits per heavy atom. The van der Waals surface area contributed by atoms with E-state index in [4.69, 9.17) is 0 Å². The van der Waals surface area contributed by atoms with Gasteiger partial charge in [0, 0.05) is 16.5 Å². The molecule has 0 bridgehead atoms. The largest absolute Gasteiger partial charge is 0.507 e. The van der Waals surface area contributed by atoms with E-state index >= 15 is 0 Å². The number of hydrogen-bond donors (Lipinski definition) is 2. The molecule has 2 N–H and O–H groups in total. The molecule has 2 heterocycles. The van der Waals surface area contributed by atoms with Crippen molar-refractivity contribution in [3.05, 3.63) is 82.9 Å². The molecule has 6 nitrogen and oxygen atoms in total. The van der Waals surface area contributed by atoms with Crippen molar-refractivity contribution >= 4 is 28.2 Å². The van der Waals surface area contributed by atoms with Gasteiger partial charge in [-0.3, -0.25) is 4.79 Å². The molecule has 26 heavy (non-hydrogen) atoms. The lowest BCUT2D eigenvalue weighted by atomic mass is 10.1. The van der Waals surface area contributed by atoms with Crippen LogP contribution in [0.5, 0.6) is 5.75 Å². The fourth-order valence-corrected chi connectivity index (χ4v) is 2.94. The monoisotopic (exact) mass is 344 g/mol. The van der Waals surface area contributed by atoms with Crippen LogP contribution in [0.4, 0.5) is 0 Å². The molecule has 0 spiro atoms. The molecule has 4 rings (SSSR count). The normalized spacial score (nSPS) is 11.5. The Hall–Kier alpha value is -3.67. The first-order valence-corrected chi connectivity index (χ1v) is 8.13. The lowest BCUT2D eigenvalue weighted by Gasteiger charge is -2.04. The summed E-state index contributed by atoms with van der Waals surface area (Å²) in [5, 5.41) is 15.3. The van der Waals surface area contributed by atoms with E-state index in [1.54, 1.807) is 12.1 Å². The molecule has 0 saturated carbocycles. The topological polar surface area (TPSA) is 83.3 Å². The third-order valence-corrected chi connectivity index (χ3v) is 4.23. The molecular formula is C20H16N4O2. The Bertz CT molecular complexity index is 1220. The van der Waals surface area contributed by atoms with Crippen LogP contribution in [-0.2, 0) is 6.42 Å². The summed E-state index contributed by atoms with van der Waals surface area (Å²) in [5.74, 6) is 0.129.